The molecule has 1 heterocycles. The molecule has 0 saturated carbocycles. The van der Waals surface area contributed by atoms with Crippen LogP contribution >= 0.6 is 0 Å². The number of aliphatic hydroxyl groups is 1. The molecule has 2 aromatic rings. The zero-order valence-corrected chi connectivity index (χ0v) is 15.3. The van der Waals surface area contributed by atoms with Gasteiger partial charge in [-0.05, 0) is 11.1 Å². The van der Waals surface area contributed by atoms with Crippen molar-refractivity contribution in [3.8, 4) is 0 Å². The van der Waals surface area contributed by atoms with E-state index in [4.69, 9.17) is 4.74 Å². The predicted octanol–water partition coefficient (Wildman–Crippen LogP) is 3.07. The molecule has 1 aliphatic heterocycles. The Morgan fingerprint density at radius 1 is 1.12 bits per heavy atom. The van der Waals surface area contributed by atoms with Crippen molar-refractivity contribution in [2.45, 2.75) is 19.3 Å². The molecule has 0 bridgehead atoms. The van der Waals surface area contributed by atoms with E-state index in [1.54, 1.807) is 0 Å². The first kappa shape index (κ1) is 18.6. The van der Waals surface area contributed by atoms with Crippen LogP contribution in [0.15, 0.2) is 60.7 Å². The standard InChI is InChI=1S/C22H27NO3/c1-22(16-24)15-23(12-13-26-17-22)21(25)14-20(18-8-4-2-5-9-18)19-10-6-3-7-11-19/h2-11,20,24H,12-17H2,1H3. The largest absolute Gasteiger partial charge is 0.396 e. The molecular weight excluding hydrogens is 326 g/mol. The third-order valence-electron chi connectivity index (χ3n) is 5.05. The minimum atomic E-state index is -0.402. The van der Waals surface area contributed by atoms with E-state index in [1.165, 1.54) is 0 Å². The number of rotatable bonds is 5. The van der Waals surface area contributed by atoms with Crippen LogP contribution in [-0.4, -0.2) is 48.8 Å². The normalized spacial score (nSPS) is 20.8. The smallest absolute Gasteiger partial charge is 0.223 e. The number of carbonyl (C=O) groups excluding carboxylic acids is 1. The highest BCUT2D eigenvalue weighted by Gasteiger charge is 2.32. The molecule has 0 radical (unpaired) electrons. The first-order chi connectivity index (χ1) is 12.6. The summed E-state index contributed by atoms with van der Waals surface area (Å²) in [6.07, 6.45) is 0.412. The second-order valence-electron chi connectivity index (χ2n) is 7.41. The van der Waals surface area contributed by atoms with E-state index in [1.807, 2.05) is 48.2 Å². The molecule has 1 aliphatic rings. The number of aliphatic hydroxyl groups excluding tert-OH is 1. The third kappa shape index (κ3) is 4.51. The van der Waals surface area contributed by atoms with Crippen molar-refractivity contribution in [2.75, 3.05) is 32.9 Å². The molecule has 4 heteroatoms. The number of hydrogen-bond donors (Lipinski definition) is 1. The lowest BCUT2D eigenvalue weighted by Crippen LogP contribution is -2.42. The number of nitrogens with zero attached hydrogens (tertiary/aromatic N) is 1. The van der Waals surface area contributed by atoms with E-state index < -0.39 is 5.41 Å². The van der Waals surface area contributed by atoms with Crippen LogP contribution < -0.4 is 0 Å². The summed E-state index contributed by atoms with van der Waals surface area (Å²) >= 11 is 0. The average Bonchev–Trinajstić information content (AvgIpc) is 2.90. The molecule has 2 aromatic carbocycles. The van der Waals surface area contributed by atoms with Gasteiger partial charge in [-0.1, -0.05) is 67.6 Å². The zero-order valence-electron chi connectivity index (χ0n) is 15.3. The van der Waals surface area contributed by atoms with E-state index in [2.05, 4.69) is 24.3 Å². The molecule has 26 heavy (non-hydrogen) atoms. The van der Waals surface area contributed by atoms with E-state index in [0.29, 0.717) is 32.7 Å². The SMILES string of the molecule is CC1(CO)COCCN(C(=O)CC(c2ccccc2)c2ccccc2)C1. The highest BCUT2D eigenvalue weighted by Crippen LogP contribution is 2.29. The molecule has 1 fully saturated rings. The van der Waals surface area contributed by atoms with Gasteiger partial charge >= 0.3 is 0 Å². The van der Waals surface area contributed by atoms with Crippen molar-refractivity contribution in [1.82, 2.24) is 4.90 Å². The number of ether oxygens (including phenoxy) is 1. The van der Waals surface area contributed by atoms with E-state index >= 15 is 0 Å². The molecule has 1 amide bonds. The quantitative estimate of drug-likeness (QED) is 0.899. The summed E-state index contributed by atoms with van der Waals surface area (Å²) in [5.41, 5.74) is 1.88. The second kappa shape index (κ2) is 8.47. The Bertz CT molecular complexity index is 664. The van der Waals surface area contributed by atoms with Gasteiger partial charge < -0.3 is 14.7 Å². The van der Waals surface area contributed by atoms with Crippen LogP contribution in [0.1, 0.15) is 30.4 Å². The molecule has 0 aromatic heterocycles. The van der Waals surface area contributed by atoms with E-state index in [9.17, 15) is 9.90 Å². The van der Waals surface area contributed by atoms with E-state index in [0.717, 1.165) is 11.1 Å². The number of hydrogen-bond acceptors (Lipinski definition) is 3. The van der Waals surface area contributed by atoms with Gasteiger partial charge in [0.15, 0.2) is 0 Å². The second-order valence-corrected chi connectivity index (χ2v) is 7.41. The molecule has 0 aliphatic carbocycles. The summed E-state index contributed by atoms with van der Waals surface area (Å²) in [6.45, 7) is 4.07. The Balaban J connectivity index is 1.81. The van der Waals surface area contributed by atoms with E-state index in [-0.39, 0.29) is 18.4 Å². The Morgan fingerprint density at radius 3 is 2.23 bits per heavy atom. The molecule has 1 N–H and O–H groups in total. The molecule has 4 nitrogen and oxygen atoms in total. The highest BCUT2D eigenvalue weighted by molar-refractivity contribution is 5.78. The van der Waals surface area contributed by atoms with Crippen LogP contribution in [0.4, 0.5) is 0 Å². The van der Waals surface area contributed by atoms with Gasteiger partial charge in [0.05, 0.1) is 19.8 Å². The van der Waals surface area contributed by atoms with Gasteiger partial charge in [-0.2, -0.15) is 0 Å². The molecule has 1 unspecified atom stereocenters. The van der Waals surface area contributed by atoms with Crippen LogP contribution in [0.2, 0.25) is 0 Å². The van der Waals surface area contributed by atoms with Gasteiger partial charge in [-0.15, -0.1) is 0 Å². The van der Waals surface area contributed by atoms with Gasteiger partial charge in [0.2, 0.25) is 5.91 Å². The number of carbonyl (C=O) groups is 1. The summed E-state index contributed by atoms with van der Waals surface area (Å²) in [5, 5.41) is 9.69. The van der Waals surface area contributed by atoms with Gasteiger partial charge in [0.1, 0.15) is 0 Å². The Morgan fingerprint density at radius 2 is 1.69 bits per heavy atom. The summed E-state index contributed by atoms with van der Waals surface area (Å²) in [4.78, 5) is 14.9. The summed E-state index contributed by atoms with van der Waals surface area (Å²) in [6, 6.07) is 20.3. The maximum Gasteiger partial charge on any atom is 0.223 e. The summed E-state index contributed by atoms with van der Waals surface area (Å²) < 4.78 is 5.60. The average molecular weight is 353 g/mol. The van der Waals surface area contributed by atoms with Crippen molar-refractivity contribution in [1.29, 1.82) is 0 Å². The fourth-order valence-corrected chi connectivity index (χ4v) is 3.49. The van der Waals surface area contributed by atoms with Crippen molar-refractivity contribution in [3.05, 3.63) is 71.8 Å². The van der Waals surface area contributed by atoms with Crippen LogP contribution in [0.25, 0.3) is 0 Å². The first-order valence-electron chi connectivity index (χ1n) is 9.17. The van der Waals surface area contributed by atoms with Gasteiger partial charge in [-0.3, -0.25) is 4.79 Å². The maximum atomic E-state index is 13.1. The maximum absolute atomic E-state index is 13.1. The Kier molecular flexibility index (Phi) is 6.07. The van der Waals surface area contributed by atoms with Crippen molar-refractivity contribution in [3.63, 3.8) is 0 Å². The van der Waals surface area contributed by atoms with Crippen molar-refractivity contribution >= 4 is 5.91 Å². The Hall–Kier alpha value is -2.17. The minimum absolute atomic E-state index is 0.0115. The molecule has 0 spiro atoms. The predicted molar refractivity (Wildman–Crippen MR) is 102 cm³/mol. The monoisotopic (exact) mass is 353 g/mol. The Labute approximate surface area is 155 Å². The number of benzene rings is 2. The van der Waals surface area contributed by atoms with Gasteiger partial charge in [0.25, 0.3) is 0 Å². The third-order valence-corrected chi connectivity index (χ3v) is 5.05. The van der Waals surface area contributed by atoms with Crippen LogP contribution in [-0.2, 0) is 9.53 Å². The molecular formula is C22H27NO3. The lowest BCUT2D eigenvalue weighted by Gasteiger charge is -2.31. The van der Waals surface area contributed by atoms with Crippen molar-refractivity contribution in [2.24, 2.45) is 5.41 Å². The van der Waals surface area contributed by atoms with Gasteiger partial charge in [-0.25, -0.2) is 0 Å². The lowest BCUT2D eigenvalue weighted by molar-refractivity contribution is -0.132. The molecule has 1 saturated heterocycles. The fraction of sp³-hybridized carbons (Fsp3) is 0.409. The summed E-state index contributed by atoms with van der Waals surface area (Å²) in [7, 11) is 0. The van der Waals surface area contributed by atoms with Crippen LogP contribution in [0.3, 0.4) is 0 Å². The topological polar surface area (TPSA) is 49.8 Å². The fourth-order valence-electron chi connectivity index (χ4n) is 3.49. The zero-order chi connectivity index (χ0) is 18.4. The summed E-state index contributed by atoms with van der Waals surface area (Å²) in [5.74, 6) is 0.127. The number of amides is 1. The highest BCUT2D eigenvalue weighted by atomic mass is 16.5. The molecule has 138 valence electrons. The van der Waals surface area contributed by atoms with Crippen LogP contribution in [0.5, 0.6) is 0 Å². The molecule has 3 rings (SSSR count). The lowest BCUT2D eigenvalue weighted by atomic mass is 9.87. The van der Waals surface area contributed by atoms with Gasteiger partial charge in [0, 0.05) is 30.8 Å². The van der Waals surface area contributed by atoms with Crippen molar-refractivity contribution < 1.29 is 14.6 Å². The van der Waals surface area contributed by atoms with Crippen LogP contribution in [0, 0.1) is 5.41 Å². The minimum Gasteiger partial charge on any atom is -0.396 e. The first-order valence-corrected chi connectivity index (χ1v) is 9.17. The molecule has 1 atom stereocenters.